The predicted octanol–water partition coefficient (Wildman–Crippen LogP) is 4.93. The zero-order chi connectivity index (χ0) is 15.7. The maximum Gasteiger partial charge on any atom is 0.137 e. The Kier molecular flexibility index (Phi) is 4.59. The van der Waals surface area contributed by atoms with Crippen LogP contribution in [0.15, 0.2) is 42.7 Å². The number of fused-ring (bicyclic) bond motifs is 1. The molecule has 3 nitrogen and oxygen atoms in total. The number of benzene rings is 1. The average Bonchev–Trinajstić information content (AvgIpc) is 2.84. The van der Waals surface area contributed by atoms with E-state index in [4.69, 9.17) is 34.8 Å². The van der Waals surface area contributed by atoms with Gasteiger partial charge in [0.15, 0.2) is 0 Å². The molecule has 114 valence electrons. The van der Waals surface area contributed by atoms with Crippen molar-refractivity contribution in [1.29, 1.82) is 0 Å². The first-order valence-electron chi connectivity index (χ1n) is 6.77. The molecule has 0 aliphatic rings. The minimum absolute atomic E-state index is 0.574. The van der Waals surface area contributed by atoms with Crippen LogP contribution in [0.3, 0.4) is 0 Å². The van der Waals surface area contributed by atoms with Crippen LogP contribution in [-0.4, -0.2) is 21.3 Å². The second-order valence-corrected chi connectivity index (χ2v) is 6.52. The summed E-state index contributed by atoms with van der Waals surface area (Å²) in [5.41, 5.74) is 3.00. The molecule has 6 heteroatoms. The van der Waals surface area contributed by atoms with Crippen molar-refractivity contribution in [3.8, 4) is 0 Å². The fourth-order valence-electron chi connectivity index (χ4n) is 2.38. The Morgan fingerprint density at radius 3 is 2.59 bits per heavy atom. The van der Waals surface area contributed by atoms with Crippen LogP contribution in [0.25, 0.3) is 5.65 Å². The van der Waals surface area contributed by atoms with Gasteiger partial charge in [0, 0.05) is 25.5 Å². The first kappa shape index (κ1) is 15.6. The average molecular weight is 355 g/mol. The van der Waals surface area contributed by atoms with Crippen LogP contribution in [-0.2, 0) is 13.1 Å². The van der Waals surface area contributed by atoms with Gasteiger partial charge in [-0.2, -0.15) is 0 Å². The van der Waals surface area contributed by atoms with Crippen molar-refractivity contribution in [3.63, 3.8) is 0 Å². The quantitative estimate of drug-likeness (QED) is 0.662. The fourth-order valence-corrected chi connectivity index (χ4v) is 2.86. The van der Waals surface area contributed by atoms with Gasteiger partial charge in [0.1, 0.15) is 5.65 Å². The van der Waals surface area contributed by atoms with Crippen molar-refractivity contribution in [2.24, 2.45) is 0 Å². The van der Waals surface area contributed by atoms with E-state index < -0.39 is 0 Å². The number of halogens is 3. The highest BCUT2D eigenvalue weighted by molar-refractivity contribution is 6.42. The molecule has 0 fully saturated rings. The Bertz CT molecular complexity index is 814. The molecule has 1 aromatic carbocycles. The number of nitrogens with zero attached hydrogens (tertiary/aromatic N) is 3. The fraction of sp³-hybridized carbons (Fsp3) is 0.188. The lowest BCUT2D eigenvalue weighted by atomic mass is 10.2. The van der Waals surface area contributed by atoms with Crippen LogP contribution in [0.1, 0.15) is 11.3 Å². The van der Waals surface area contributed by atoms with E-state index in [0.29, 0.717) is 15.1 Å². The van der Waals surface area contributed by atoms with Gasteiger partial charge in [0.2, 0.25) is 0 Å². The molecule has 0 radical (unpaired) electrons. The Morgan fingerprint density at radius 1 is 1.00 bits per heavy atom. The van der Waals surface area contributed by atoms with Gasteiger partial charge >= 0.3 is 0 Å². The molecule has 2 heterocycles. The summed E-state index contributed by atoms with van der Waals surface area (Å²) in [5.74, 6) is 0. The van der Waals surface area contributed by atoms with Gasteiger partial charge in [0.05, 0.1) is 20.8 Å². The monoisotopic (exact) mass is 353 g/mol. The maximum atomic E-state index is 6.05. The molecular weight excluding hydrogens is 341 g/mol. The highest BCUT2D eigenvalue weighted by atomic mass is 35.5. The lowest BCUT2D eigenvalue weighted by molar-refractivity contribution is 0.316. The van der Waals surface area contributed by atoms with E-state index in [1.54, 1.807) is 0 Å². The highest BCUT2D eigenvalue weighted by Crippen LogP contribution is 2.23. The van der Waals surface area contributed by atoms with E-state index in [9.17, 15) is 0 Å². The number of pyridine rings is 1. The summed E-state index contributed by atoms with van der Waals surface area (Å²) in [5, 5.41) is 1.85. The third-order valence-electron chi connectivity index (χ3n) is 3.33. The van der Waals surface area contributed by atoms with Crippen molar-refractivity contribution in [3.05, 3.63) is 69.1 Å². The van der Waals surface area contributed by atoms with Crippen LogP contribution in [0.5, 0.6) is 0 Å². The molecule has 0 aliphatic heterocycles. The van der Waals surface area contributed by atoms with E-state index in [2.05, 4.69) is 9.88 Å². The second kappa shape index (κ2) is 6.47. The molecule has 0 N–H and O–H groups in total. The summed E-state index contributed by atoms with van der Waals surface area (Å²) in [6.45, 7) is 1.51. The van der Waals surface area contributed by atoms with Crippen molar-refractivity contribution < 1.29 is 0 Å². The van der Waals surface area contributed by atoms with Gasteiger partial charge < -0.3 is 4.40 Å². The first-order valence-corrected chi connectivity index (χ1v) is 7.90. The summed E-state index contributed by atoms with van der Waals surface area (Å²) in [6.07, 6.45) is 3.85. The number of hydrogen-bond acceptors (Lipinski definition) is 2. The summed E-state index contributed by atoms with van der Waals surface area (Å²) in [4.78, 5) is 6.75. The molecule has 0 bridgehead atoms. The van der Waals surface area contributed by atoms with Crippen molar-refractivity contribution in [2.75, 3.05) is 7.05 Å². The smallest absolute Gasteiger partial charge is 0.137 e. The topological polar surface area (TPSA) is 20.5 Å². The molecule has 3 rings (SSSR count). The largest absolute Gasteiger partial charge is 0.305 e. The van der Waals surface area contributed by atoms with Gasteiger partial charge in [-0.05, 0) is 36.9 Å². The molecule has 0 atom stereocenters. The van der Waals surface area contributed by atoms with E-state index >= 15 is 0 Å². The summed E-state index contributed by atoms with van der Waals surface area (Å²) in [7, 11) is 2.04. The number of hydrogen-bond donors (Lipinski definition) is 0. The van der Waals surface area contributed by atoms with Gasteiger partial charge in [-0.15, -0.1) is 0 Å². The lowest BCUT2D eigenvalue weighted by Crippen LogP contribution is -2.17. The lowest BCUT2D eigenvalue weighted by Gasteiger charge is -2.15. The number of aromatic nitrogens is 2. The van der Waals surface area contributed by atoms with Crippen LogP contribution in [0.4, 0.5) is 0 Å². The second-order valence-electron chi connectivity index (χ2n) is 5.27. The molecule has 0 saturated heterocycles. The molecule has 0 amide bonds. The minimum Gasteiger partial charge on any atom is -0.305 e. The summed E-state index contributed by atoms with van der Waals surface area (Å²) in [6, 6.07) is 9.44. The Morgan fingerprint density at radius 2 is 1.82 bits per heavy atom. The Balaban J connectivity index is 1.72. The maximum absolute atomic E-state index is 6.05. The SMILES string of the molecule is CN(Cc1ccc(Cl)c(Cl)c1)Cc1cn2cc(Cl)ccc2n1. The Labute approximate surface area is 144 Å². The molecular formula is C16H14Cl3N3. The molecule has 0 saturated carbocycles. The highest BCUT2D eigenvalue weighted by Gasteiger charge is 2.07. The van der Waals surface area contributed by atoms with Crippen LogP contribution >= 0.6 is 34.8 Å². The first-order chi connectivity index (χ1) is 10.5. The molecule has 0 spiro atoms. The molecule has 0 aliphatic carbocycles. The number of rotatable bonds is 4. The van der Waals surface area contributed by atoms with Crippen LogP contribution in [0.2, 0.25) is 15.1 Å². The van der Waals surface area contributed by atoms with E-state index in [0.717, 1.165) is 30.0 Å². The van der Waals surface area contributed by atoms with Crippen LogP contribution in [0, 0.1) is 0 Å². The van der Waals surface area contributed by atoms with Crippen LogP contribution < -0.4 is 0 Å². The predicted molar refractivity (Wildman–Crippen MR) is 91.8 cm³/mol. The van der Waals surface area contributed by atoms with E-state index in [1.165, 1.54) is 0 Å². The molecule has 0 unspecified atom stereocenters. The minimum atomic E-state index is 0.574. The normalized spacial score (nSPS) is 11.5. The van der Waals surface area contributed by atoms with Crippen molar-refractivity contribution in [1.82, 2.24) is 14.3 Å². The molecule has 22 heavy (non-hydrogen) atoms. The standard InChI is InChI=1S/C16H14Cl3N3/c1-21(7-11-2-4-14(18)15(19)6-11)9-13-10-22-8-12(17)3-5-16(22)20-13/h2-6,8,10H,7,9H2,1H3. The number of imidazole rings is 1. The van der Waals surface area contributed by atoms with Gasteiger partial charge in [0.25, 0.3) is 0 Å². The summed E-state index contributed by atoms with van der Waals surface area (Å²) < 4.78 is 1.94. The van der Waals surface area contributed by atoms with Gasteiger partial charge in [-0.3, -0.25) is 4.90 Å². The third kappa shape index (κ3) is 3.55. The third-order valence-corrected chi connectivity index (χ3v) is 4.30. The van der Waals surface area contributed by atoms with Crippen molar-refractivity contribution in [2.45, 2.75) is 13.1 Å². The molecule has 2 aromatic heterocycles. The van der Waals surface area contributed by atoms with E-state index in [1.807, 2.05) is 54.2 Å². The zero-order valence-electron chi connectivity index (χ0n) is 11.9. The zero-order valence-corrected chi connectivity index (χ0v) is 14.2. The molecule has 3 aromatic rings. The Hall–Kier alpha value is -1.26. The van der Waals surface area contributed by atoms with Crippen molar-refractivity contribution >= 4 is 40.4 Å². The van der Waals surface area contributed by atoms with Gasteiger partial charge in [-0.25, -0.2) is 4.98 Å². The summed E-state index contributed by atoms with van der Waals surface area (Å²) >= 11 is 18.0. The van der Waals surface area contributed by atoms with E-state index in [-0.39, 0.29) is 0 Å². The van der Waals surface area contributed by atoms with Gasteiger partial charge in [-0.1, -0.05) is 40.9 Å².